The number of alkyl halides is 3. The largest absolute Gasteiger partial charge is 0.479 e. The van der Waals surface area contributed by atoms with Crippen molar-refractivity contribution in [2.75, 3.05) is 0 Å². The van der Waals surface area contributed by atoms with Crippen molar-refractivity contribution >= 4 is 5.97 Å². The van der Waals surface area contributed by atoms with Crippen molar-refractivity contribution in [2.45, 2.75) is 17.9 Å². The van der Waals surface area contributed by atoms with Gasteiger partial charge in [0.1, 0.15) is 0 Å². The highest BCUT2D eigenvalue weighted by Gasteiger charge is 2.62. The van der Waals surface area contributed by atoms with Crippen LogP contribution in [0.25, 0.3) is 0 Å². The summed E-state index contributed by atoms with van der Waals surface area (Å²) in [6, 6.07) is 5.56. The number of carboxylic acid groups (broad SMARTS) is 1. The molecule has 7 heteroatoms. The molecule has 0 aliphatic heterocycles. The Kier molecular flexibility index (Phi) is 3.44. The smallest absolute Gasteiger partial charge is 0.424 e. The molecule has 0 heterocycles. The molecule has 0 bridgehead atoms. The first-order chi connectivity index (χ1) is 7.71. The summed E-state index contributed by atoms with van der Waals surface area (Å²) in [6.07, 6.45) is -8.31. The van der Waals surface area contributed by atoms with Crippen LogP contribution in [0, 0.1) is 0 Å². The molecule has 0 aromatic heterocycles. The fraction of sp³-hybridized carbons (Fsp3) is 0.300. The van der Waals surface area contributed by atoms with Crippen LogP contribution in [0.15, 0.2) is 30.3 Å². The van der Waals surface area contributed by atoms with Crippen LogP contribution in [0.2, 0.25) is 0 Å². The van der Waals surface area contributed by atoms with Crippen molar-refractivity contribution in [3.63, 3.8) is 0 Å². The van der Waals surface area contributed by atoms with E-state index in [-0.39, 0.29) is 0 Å². The molecule has 1 aromatic carbocycles. The Labute approximate surface area is 93.9 Å². The number of aliphatic hydroxyl groups excluding tert-OH is 1. The van der Waals surface area contributed by atoms with Crippen LogP contribution < -0.4 is 0 Å². The third-order valence-electron chi connectivity index (χ3n) is 2.28. The molecule has 0 saturated carbocycles. The highest BCUT2D eigenvalue weighted by Crippen LogP contribution is 2.41. The van der Waals surface area contributed by atoms with Crippen molar-refractivity contribution in [3.05, 3.63) is 35.9 Å². The number of aliphatic carboxylic acids is 1. The fourth-order valence-electron chi connectivity index (χ4n) is 1.35. The molecule has 0 aliphatic carbocycles. The summed E-state index contributed by atoms with van der Waals surface area (Å²) < 4.78 is 38.2. The van der Waals surface area contributed by atoms with Gasteiger partial charge in [-0.3, -0.25) is 0 Å². The average molecular weight is 250 g/mol. The van der Waals surface area contributed by atoms with Crippen LogP contribution >= 0.6 is 0 Å². The van der Waals surface area contributed by atoms with E-state index in [1.807, 2.05) is 0 Å². The van der Waals surface area contributed by atoms with E-state index in [2.05, 4.69) is 0 Å². The highest BCUT2D eigenvalue weighted by molar-refractivity contribution is 5.74. The minimum absolute atomic E-state index is 0.734. The molecular weight excluding hydrogens is 241 g/mol. The van der Waals surface area contributed by atoms with E-state index in [4.69, 9.17) is 10.2 Å². The lowest BCUT2D eigenvalue weighted by Crippen LogP contribution is -2.54. The molecule has 0 amide bonds. The standard InChI is InChI=1S/C10H9F3O4/c11-10(12,13)9(17,7(14)8(15)16)6-4-2-1-3-5-6/h1-5,7,14,17H,(H,15,16)/t7-,9-/m0/s1. The fourth-order valence-corrected chi connectivity index (χ4v) is 1.35. The first kappa shape index (κ1) is 13.5. The van der Waals surface area contributed by atoms with Crippen LogP contribution in [0.4, 0.5) is 13.2 Å². The van der Waals surface area contributed by atoms with Crippen LogP contribution in [0.1, 0.15) is 5.56 Å². The van der Waals surface area contributed by atoms with Crippen LogP contribution in [-0.2, 0) is 10.4 Å². The van der Waals surface area contributed by atoms with E-state index in [0.717, 1.165) is 12.1 Å². The summed E-state index contributed by atoms with van der Waals surface area (Å²) in [5.74, 6) is -2.16. The molecule has 2 atom stereocenters. The number of halogens is 3. The van der Waals surface area contributed by atoms with E-state index in [9.17, 15) is 23.1 Å². The number of hydrogen-bond acceptors (Lipinski definition) is 3. The number of rotatable bonds is 3. The lowest BCUT2D eigenvalue weighted by Gasteiger charge is -2.32. The molecule has 0 unspecified atom stereocenters. The maximum Gasteiger partial charge on any atom is 0.424 e. The Balaban J connectivity index is 3.36. The molecule has 94 valence electrons. The van der Waals surface area contributed by atoms with Gasteiger partial charge < -0.3 is 15.3 Å². The first-order valence-corrected chi connectivity index (χ1v) is 4.46. The van der Waals surface area contributed by atoms with Gasteiger partial charge in [-0.05, 0) is 5.56 Å². The second-order valence-electron chi connectivity index (χ2n) is 3.37. The molecule has 17 heavy (non-hydrogen) atoms. The van der Waals surface area contributed by atoms with Gasteiger partial charge in [-0.15, -0.1) is 0 Å². The summed E-state index contributed by atoms with van der Waals surface area (Å²) >= 11 is 0. The van der Waals surface area contributed by atoms with Gasteiger partial charge in [0.25, 0.3) is 0 Å². The second-order valence-corrected chi connectivity index (χ2v) is 3.37. The van der Waals surface area contributed by atoms with E-state index in [1.165, 1.54) is 18.2 Å². The summed E-state index contributed by atoms with van der Waals surface area (Å²) in [4.78, 5) is 10.5. The summed E-state index contributed by atoms with van der Waals surface area (Å²) in [5, 5.41) is 27.0. The van der Waals surface area contributed by atoms with Crippen molar-refractivity contribution in [3.8, 4) is 0 Å². The molecule has 1 rings (SSSR count). The van der Waals surface area contributed by atoms with E-state index >= 15 is 0 Å². The Morgan fingerprint density at radius 3 is 2.00 bits per heavy atom. The third-order valence-corrected chi connectivity index (χ3v) is 2.28. The zero-order valence-corrected chi connectivity index (χ0v) is 8.35. The van der Waals surface area contributed by atoms with Crippen molar-refractivity contribution in [1.29, 1.82) is 0 Å². The van der Waals surface area contributed by atoms with Crippen LogP contribution in [0.3, 0.4) is 0 Å². The number of benzene rings is 1. The van der Waals surface area contributed by atoms with Gasteiger partial charge in [-0.2, -0.15) is 13.2 Å². The summed E-state index contributed by atoms with van der Waals surface area (Å²) in [5.41, 5.74) is -4.57. The molecule has 4 nitrogen and oxygen atoms in total. The molecule has 0 spiro atoms. The van der Waals surface area contributed by atoms with E-state index in [0.29, 0.717) is 0 Å². The Morgan fingerprint density at radius 2 is 1.65 bits per heavy atom. The highest BCUT2D eigenvalue weighted by atomic mass is 19.4. The van der Waals surface area contributed by atoms with Gasteiger partial charge in [0, 0.05) is 0 Å². The predicted molar refractivity (Wildman–Crippen MR) is 50.0 cm³/mol. The summed E-state index contributed by atoms with van der Waals surface area (Å²) in [7, 11) is 0. The number of carbonyl (C=O) groups is 1. The predicted octanol–water partition coefficient (Wildman–Crippen LogP) is 0.882. The quantitative estimate of drug-likeness (QED) is 0.744. The van der Waals surface area contributed by atoms with Gasteiger partial charge in [0.05, 0.1) is 0 Å². The van der Waals surface area contributed by atoms with Crippen LogP contribution in [0.5, 0.6) is 0 Å². The van der Waals surface area contributed by atoms with Gasteiger partial charge in [-0.25, -0.2) is 4.79 Å². The maximum absolute atomic E-state index is 12.7. The number of hydrogen-bond donors (Lipinski definition) is 3. The van der Waals surface area contributed by atoms with Gasteiger partial charge in [0.15, 0.2) is 6.10 Å². The normalized spacial score (nSPS) is 17.2. The number of carboxylic acids is 1. The lowest BCUT2D eigenvalue weighted by atomic mass is 9.87. The molecule has 0 fully saturated rings. The minimum Gasteiger partial charge on any atom is -0.479 e. The Hall–Kier alpha value is -1.60. The summed E-state index contributed by atoms with van der Waals surface area (Å²) in [6.45, 7) is 0. The van der Waals surface area contributed by atoms with Crippen molar-refractivity contribution in [2.24, 2.45) is 0 Å². The molecule has 0 saturated heterocycles. The second kappa shape index (κ2) is 4.34. The molecular formula is C10H9F3O4. The van der Waals surface area contributed by atoms with Crippen LogP contribution in [-0.4, -0.2) is 33.6 Å². The average Bonchev–Trinajstić information content (AvgIpc) is 2.26. The van der Waals surface area contributed by atoms with Crippen molar-refractivity contribution in [1.82, 2.24) is 0 Å². The maximum atomic E-state index is 12.7. The zero-order valence-electron chi connectivity index (χ0n) is 8.35. The monoisotopic (exact) mass is 250 g/mol. The SMILES string of the molecule is O=C(O)[C@H](O)[C@@](O)(c1ccccc1)C(F)(F)F. The van der Waals surface area contributed by atoms with Crippen molar-refractivity contribution < 1.29 is 33.3 Å². The lowest BCUT2D eigenvalue weighted by molar-refractivity contribution is -0.295. The minimum atomic E-state index is -5.31. The zero-order chi connectivity index (χ0) is 13.3. The molecule has 3 N–H and O–H groups in total. The topological polar surface area (TPSA) is 77.8 Å². The van der Waals surface area contributed by atoms with Gasteiger partial charge in [0.2, 0.25) is 5.60 Å². The van der Waals surface area contributed by atoms with E-state index in [1.54, 1.807) is 0 Å². The molecule has 0 aliphatic rings. The van der Waals surface area contributed by atoms with Gasteiger partial charge >= 0.3 is 12.1 Å². The van der Waals surface area contributed by atoms with E-state index < -0.39 is 29.4 Å². The molecule has 0 radical (unpaired) electrons. The first-order valence-electron chi connectivity index (χ1n) is 4.46. The third kappa shape index (κ3) is 2.25. The Bertz CT molecular complexity index is 404. The van der Waals surface area contributed by atoms with Gasteiger partial charge in [-0.1, -0.05) is 30.3 Å². The Morgan fingerprint density at radius 1 is 1.18 bits per heavy atom. The number of aliphatic hydroxyl groups is 2. The molecule has 1 aromatic rings.